The summed E-state index contributed by atoms with van der Waals surface area (Å²) < 4.78 is 0. The zero-order valence-electron chi connectivity index (χ0n) is 13.9. The molecule has 0 aliphatic carbocycles. The maximum atomic E-state index is 3.72. The van der Waals surface area contributed by atoms with E-state index < -0.39 is 0 Å². The summed E-state index contributed by atoms with van der Waals surface area (Å²) in [4.78, 5) is 4.17. The van der Waals surface area contributed by atoms with E-state index in [-0.39, 0.29) is 5.41 Å². The van der Waals surface area contributed by atoms with Gasteiger partial charge in [0, 0.05) is 42.0 Å². The molecule has 2 rings (SSSR count). The predicted octanol–water partition coefficient (Wildman–Crippen LogP) is 3.73. The first-order chi connectivity index (χ1) is 9.20. The van der Waals surface area contributed by atoms with E-state index in [2.05, 4.69) is 69.3 Å². The normalized spacial score (nSPS) is 25.9. The zero-order chi connectivity index (χ0) is 15.0. The number of piperazine rings is 1. The highest BCUT2D eigenvalue weighted by Gasteiger charge is 2.35. The van der Waals surface area contributed by atoms with Crippen LogP contribution in [0, 0.1) is 5.41 Å². The molecule has 3 heteroatoms. The average molecular weight is 295 g/mol. The van der Waals surface area contributed by atoms with Crippen molar-refractivity contribution in [1.29, 1.82) is 0 Å². The molecule has 2 unspecified atom stereocenters. The second kappa shape index (κ2) is 5.78. The summed E-state index contributed by atoms with van der Waals surface area (Å²) in [6, 6.07) is 5.64. The van der Waals surface area contributed by atoms with Gasteiger partial charge in [0.1, 0.15) is 0 Å². The van der Waals surface area contributed by atoms with Crippen molar-refractivity contribution in [3.05, 3.63) is 22.4 Å². The van der Waals surface area contributed by atoms with Crippen LogP contribution in [-0.4, -0.2) is 36.6 Å². The molecule has 0 spiro atoms. The predicted molar refractivity (Wildman–Crippen MR) is 89.6 cm³/mol. The summed E-state index contributed by atoms with van der Waals surface area (Å²) in [6.45, 7) is 17.5. The summed E-state index contributed by atoms with van der Waals surface area (Å²) in [6.07, 6.45) is 0. The van der Waals surface area contributed by atoms with E-state index in [1.807, 2.05) is 11.3 Å². The Labute approximate surface area is 128 Å². The molecule has 1 fully saturated rings. The molecule has 20 heavy (non-hydrogen) atoms. The highest BCUT2D eigenvalue weighted by Crippen LogP contribution is 2.31. The lowest BCUT2D eigenvalue weighted by atomic mass is 9.83. The molecule has 1 N–H and O–H groups in total. The maximum Gasteiger partial charge on any atom is 0.0244 e. The van der Waals surface area contributed by atoms with Gasteiger partial charge in [0.15, 0.2) is 0 Å². The largest absolute Gasteiger partial charge is 0.311 e. The van der Waals surface area contributed by atoms with Crippen molar-refractivity contribution >= 4 is 11.3 Å². The number of nitrogens with zero attached hydrogens (tertiary/aromatic N) is 1. The van der Waals surface area contributed by atoms with Gasteiger partial charge in [0.05, 0.1) is 0 Å². The molecule has 2 atom stereocenters. The van der Waals surface area contributed by atoms with Crippen LogP contribution in [0.4, 0.5) is 0 Å². The van der Waals surface area contributed by atoms with E-state index in [9.17, 15) is 0 Å². The molecule has 1 saturated heterocycles. The second-order valence-corrected chi connectivity index (χ2v) is 8.91. The third-order valence-corrected chi connectivity index (χ3v) is 5.77. The van der Waals surface area contributed by atoms with Crippen molar-refractivity contribution in [1.82, 2.24) is 10.2 Å². The molecule has 2 heterocycles. The molecule has 0 saturated carbocycles. The van der Waals surface area contributed by atoms with E-state index in [1.54, 1.807) is 0 Å². The Bertz CT molecular complexity index is 417. The molecule has 0 aromatic carbocycles. The van der Waals surface area contributed by atoms with E-state index in [0.29, 0.717) is 17.5 Å². The van der Waals surface area contributed by atoms with Crippen molar-refractivity contribution in [2.45, 2.75) is 59.0 Å². The molecule has 1 aliphatic heterocycles. The van der Waals surface area contributed by atoms with Gasteiger partial charge in [-0.2, -0.15) is 0 Å². The summed E-state index contributed by atoms with van der Waals surface area (Å²) >= 11 is 1.88. The summed E-state index contributed by atoms with van der Waals surface area (Å²) in [5.74, 6) is 0. The Hall–Kier alpha value is -0.380. The zero-order valence-corrected chi connectivity index (χ0v) is 14.7. The average Bonchev–Trinajstić information content (AvgIpc) is 2.84. The van der Waals surface area contributed by atoms with Crippen LogP contribution in [-0.2, 0) is 5.41 Å². The minimum Gasteiger partial charge on any atom is -0.311 e. The Morgan fingerprint density at radius 1 is 1.30 bits per heavy atom. The minimum absolute atomic E-state index is 0.238. The lowest BCUT2D eigenvalue weighted by molar-refractivity contribution is 0.0779. The molecule has 1 aromatic heterocycles. The summed E-state index contributed by atoms with van der Waals surface area (Å²) in [7, 11) is 0. The molecule has 114 valence electrons. The first-order valence-electron chi connectivity index (χ1n) is 7.71. The van der Waals surface area contributed by atoms with Crippen LogP contribution in [0.25, 0.3) is 0 Å². The number of hydrogen-bond donors (Lipinski definition) is 1. The third-order valence-electron chi connectivity index (χ3n) is 4.53. The summed E-state index contributed by atoms with van der Waals surface area (Å²) in [5, 5.41) is 5.91. The van der Waals surface area contributed by atoms with Gasteiger partial charge in [-0.05, 0) is 23.8 Å². The second-order valence-electron chi connectivity index (χ2n) is 7.97. The first kappa shape index (κ1) is 16.0. The lowest BCUT2D eigenvalue weighted by Gasteiger charge is -2.46. The summed E-state index contributed by atoms with van der Waals surface area (Å²) in [5.41, 5.74) is 0.563. The molecule has 1 aromatic rings. The van der Waals surface area contributed by atoms with Gasteiger partial charge >= 0.3 is 0 Å². The van der Waals surface area contributed by atoms with Crippen molar-refractivity contribution in [3.8, 4) is 0 Å². The molecule has 1 aliphatic rings. The van der Waals surface area contributed by atoms with Crippen LogP contribution < -0.4 is 5.32 Å². The number of nitrogens with one attached hydrogen (secondary N) is 1. The van der Waals surface area contributed by atoms with Gasteiger partial charge in [-0.1, -0.05) is 40.7 Å². The minimum atomic E-state index is 0.238. The molecule has 0 bridgehead atoms. The monoisotopic (exact) mass is 294 g/mol. The molecular formula is C17H30N2S. The van der Waals surface area contributed by atoms with Crippen LogP contribution in [0.3, 0.4) is 0 Å². The molecule has 2 nitrogen and oxygen atoms in total. The van der Waals surface area contributed by atoms with Crippen molar-refractivity contribution in [3.63, 3.8) is 0 Å². The highest BCUT2D eigenvalue weighted by atomic mass is 32.1. The molecular weight excluding hydrogens is 264 g/mol. The van der Waals surface area contributed by atoms with Crippen LogP contribution >= 0.6 is 11.3 Å². The van der Waals surface area contributed by atoms with Crippen molar-refractivity contribution < 1.29 is 0 Å². The fraction of sp³-hybridized carbons (Fsp3) is 0.765. The Balaban J connectivity index is 2.07. The topological polar surface area (TPSA) is 15.3 Å². The Morgan fingerprint density at radius 3 is 2.55 bits per heavy atom. The van der Waals surface area contributed by atoms with Gasteiger partial charge in [0.25, 0.3) is 0 Å². The maximum absolute atomic E-state index is 3.72. The van der Waals surface area contributed by atoms with Crippen LogP contribution in [0.5, 0.6) is 0 Å². The van der Waals surface area contributed by atoms with Crippen LogP contribution in [0.2, 0.25) is 0 Å². The number of rotatable bonds is 3. The van der Waals surface area contributed by atoms with Crippen LogP contribution in [0.1, 0.15) is 46.4 Å². The van der Waals surface area contributed by atoms with E-state index in [1.165, 1.54) is 4.88 Å². The van der Waals surface area contributed by atoms with Gasteiger partial charge < -0.3 is 5.32 Å². The van der Waals surface area contributed by atoms with Crippen LogP contribution in [0.15, 0.2) is 17.5 Å². The van der Waals surface area contributed by atoms with E-state index in [0.717, 1.165) is 19.6 Å². The van der Waals surface area contributed by atoms with Gasteiger partial charge in [-0.15, -0.1) is 11.3 Å². The van der Waals surface area contributed by atoms with E-state index in [4.69, 9.17) is 0 Å². The highest BCUT2D eigenvalue weighted by molar-refractivity contribution is 7.10. The SMILES string of the molecule is CC1CNC(C(C)(C)C)CN1CC(C)(C)c1cccs1. The fourth-order valence-electron chi connectivity index (χ4n) is 2.97. The van der Waals surface area contributed by atoms with Gasteiger partial charge in [-0.25, -0.2) is 0 Å². The number of hydrogen-bond acceptors (Lipinski definition) is 3. The van der Waals surface area contributed by atoms with Gasteiger partial charge in [0.2, 0.25) is 0 Å². The quantitative estimate of drug-likeness (QED) is 0.913. The Morgan fingerprint density at radius 2 is 2.00 bits per heavy atom. The Kier molecular flexibility index (Phi) is 4.63. The van der Waals surface area contributed by atoms with E-state index >= 15 is 0 Å². The number of thiophene rings is 1. The van der Waals surface area contributed by atoms with Crippen molar-refractivity contribution in [2.24, 2.45) is 5.41 Å². The third kappa shape index (κ3) is 3.63. The van der Waals surface area contributed by atoms with Gasteiger partial charge in [-0.3, -0.25) is 4.90 Å². The lowest BCUT2D eigenvalue weighted by Crippen LogP contribution is -2.61. The van der Waals surface area contributed by atoms with Crippen molar-refractivity contribution in [2.75, 3.05) is 19.6 Å². The fourth-order valence-corrected chi connectivity index (χ4v) is 3.82. The standard InChI is InChI=1S/C17H30N2S/c1-13-10-18-14(16(2,3)4)11-19(13)12-17(5,6)15-8-7-9-20-15/h7-9,13-14,18H,10-12H2,1-6H3. The molecule has 0 radical (unpaired) electrons. The molecule has 0 amide bonds. The smallest absolute Gasteiger partial charge is 0.0244 e. The first-order valence-corrected chi connectivity index (χ1v) is 8.59.